The Bertz CT molecular complexity index is 424. The van der Waals surface area contributed by atoms with Crippen LogP contribution in [0.25, 0.3) is 0 Å². The summed E-state index contributed by atoms with van der Waals surface area (Å²) in [5.74, 6) is -2.42. The highest BCUT2D eigenvalue weighted by molar-refractivity contribution is 7.80. The van der Waals surface area contributed by atoms with Crippen LogP contribution in [0.4, 0.5) is 0 Å². The van der Waals surface area contributed by atoms with Crippen LogP contribution < -0.4 is 0 Å². The third-order valence-corrected chi connectivity index (χ3v) is 4.61. The van der Waals surface area contributed by atoms with Crippen molar-refractivity contribution in [3.63, 3.8) is 0 Å². The lowest BCUT2D eigenvalue weighted by Crippen LogP contribution is -2.38. The quantitative estimate of drug-likeness (QED) is 0.217. The minimum absolute atomic E-state index is 0.272. The van der Waals surface area contributed by atoms with E-state index >= 15 is 0 Å². The van der Waals surface area contributed by atoms with Crippen molar-refractivity contribution in [3.05, 3.63) is 0 Å². The smallest absolute Gasteiger partial charge is 0.396 e. The maximum atomic E-state index is 10.6. The standard InChI is InChI=1S/C11H22O10S/c12-2-6-5(7(3-13)11(17)10(6)16)1-8(15)9(4-14)21-22(18,19)20/h5-17H,1-4H2,(H,18,19,20)/t6-,7-,8+,9-,10-,11-/m1/s1. The molecule has 1 rings (SSSR count). The molecule has 1 saturated carbocycles. The van der Waals surface area contributed by atoms with E-state index in [4.69, 9.17) is 9.66 Å². The molecule has 7 N–H and O–H groups in total. The molecule has 0 radical (unpaired) electrons. The molecule has 132 valence electrons. The highest BCUT2D eigenvalue weighted by atomic mass is 32.3. The zero-order valence-electron chi connectivity index (χ0n) is 11.6. The lowest BCUT2D eigenvalue weighted by Gasteiger charge is -2.28. The zero-order valence-corrected chi connectivity index (χ0v) is 12.4. The van der Waals surface area contributed by atoms with Gasteiger partial charge in [-0.1, -0.05) is 0 Å². The topological polar surface area (TPSA) is 185 Å². The molecule has 0 heterocycles. The minimum atomic E-state index is -4.89. The average Bonchev–Trinajstić information content (AvgIpc) is 2.66. The molecule has 1 fully saturated rings. The van der Waals surface area contributed by atoms with E-state index in [-0.39, 0.29) is 6.42 Å². The fourth-order valence-electron chi connectivity index (χ4n) is 2.97. The Morgan fingerprint density at radius 1 is 0.955 bits per heavy atom. The normalized spacial score (nSPS) is 35.5. The van der Waals surface area contributed by atoms with Gasteiger partial charge in [-0.2, -0.15) is 8.42 Å². The molecule has 0 bridgehead atoms. The van der Waals surface area contributed by atoms with E-state index in [0.29, 0.717) is 0 Å². The summed E-state index contributed by atoms with van der Waals surface area (Å²) in [6.45, 7) is -1.95. The molecular formula is C11H22O10S. The molecule has 1 aliphatic rings. The SMILES string of the molecule is O=S(=O)(O)O[C@H](CO)[C@@H](O)CC1[C@@H](CO)[C@@H](O)[C@H](O)[C@@H]1CO. The lowest BCUT2D eigenvalue weighted by atomic mass is 9.84. The van der Waals surface area contributed by atoms with E-state index in [1.54, 1.807) is 0 Å². The molecular weight excluding hydrogens is 324 g/mol. The van der Waals surface area contributed by atoms with Crippen molar-refractivity contribution >= 4 is 10.4 Å². The van der Waals surface area contributed by atoms with Crippen molar-refractivity contribution in [2.75, 3.05) is 19.8 Å². The van der Waals surface area contributed by atoms with E-state index < -0.39 is 72.4 Å². The molecule has 10 nitrogen and oxygen atoms in total. The summed E-state index contributed by atoms with van der Waals surface area (Å²) in [6.07, 6.45) is -6.12. The van der Waals surface area contributed by atoms with Gasteiger partial charge in [0.2, 0.25) is 0 Å². The Kier molecular flexibility index (Phi) is 7.11. The molecule has 11 heteroatoms. The van der Waals surface area contributed by atoms with Gasteiger partial charge >= 0.3 is 10.4 Å². The lowest BCUT2D eigenvalue weighted by molar-refractivity contribution is -0.0268. The third kappa shape index (κ3) is 4.57. The average molecular weight is 346 g/mol. The van der Waals surface area contributed by atoms with E-state index in [1.165, 1.54) is 0 Å². The fourth-order valence-corrected chi connectivity index (χ4v) is 3.47. The van der Waals surface area contributed by atoms with Crippen molar-refractivity contribution in [1.82, 2.24) is 0 Å². The van der Waals surface area contributed by atoms with Gasteiger partial charge in [-0.05, 0) is 12.3 Å². The van der Waals surface area contributed by atoms with Crippen LogP contribution in [-0.4, -0.2) is 87.8 Å². The summed E-state index contributed by atoms with van der Waals surface area (Å²) < 4.78 is 34.0. The highest BCUT2D eigenvalue weighted by Crippen LogP contribution is 2.40. The number of aliphatic hydroxyl groups excluding tert-OH is 6. The molecule has 6 atom stereocenters. The Labute approximate surface area is 127 Å². The molecule has 1 aliphatic carbocycles. The first-order valence-electron chi connectivity index (χ1n) is 6.68. The van der Waals surface area contributed by atoms with Crippen LogP contribution in [0.5, 0.6) is 0 Å². The molecule has 0 saturated heterocycles. The summed E-state index contributed by atoms with van der Waals surface area (Å²) >= 11 is 0. The zero-order chi connectivity index (χ0) is 17.1. The van der Waals surface area contributed by atoms with Gasteiger partial charge in [0.05, 0.1) is 24.9 Å². The van der Waals surface area contributed by atoms with Crippen molar-refractivity contribution in [3.8, 4) is 0 Å². The summed E-state index contributed by atoms with van der Waals surface area (Å²) in [5.41, 5.74) is 0. The predicted octanol–water partition coefficient (Wildman–Crippen LogP) is -3.51. The van der Waals surface area contributed by atoms with Crippen LogP contribution in [0, 0.1) is 17.8 Å². The van der Waals surface area contributed by atoms with Crippen LogP contribution in [0.15, 0.2) is 0 Å². The monoisotopic (exact) mass is 346 g/mol. The predicted molar refractivity (Wildman–Crippen MR) is 70.8 cm³/mol. The maximum Gasteiger partial charge on any atom is 0.397 e. The molecule has 22 heavy (non-hydrogen) atoms. The van der Waals surface area contributed by atoms with Crippen molar-refractivity contribution < 1.29 is 47.8 Å². The van der Waals surface area contributed by atoms with Crippen LogP contribution in [0.2, 0.25) is 0 Å². The van der Waals surface area contributed by atoms with Gasteiger partial charge in [0.15, 0.2) is 0 Å². The van der Waals surface area contributed by atoms with Crippen LogP contribution in [0.1, 0.15) is 6.42 Å². The summed E-state index contributed by atoms with van der Waals surface area (Å²) in [4.78, 5) is 0. The van der Waals surface area contributed by atoms with Gasteiger partial charge in [0, 0.05) is 25.0 Å². The molecule has 0 aromatic rings. The highest BCUT2D eigenvalue weighted by Gasteiger charge is 2.49. The molecule has 0 aromatic carbocycles. The Morgan fingerprint density at radius 2 is 1.41 bits per heavy atom. The van der Waals surface area contributed by atoms with Gasteiger partial charge in [-0.3, -0.25) is 4.55 Å². The van der Waals surface area contributed by atoms with Gasteiger partial charge in [0.1, 0.15) is 6.10 Å². The third-order valence-electron chi connectivity index (χ3n) is 4.12. The summed E-state index contributed by atoms with van der Waals surface area (Å²) in [7, 11) is -4.89. The van der Waals surface area contributed by atoms with Crippen molar-refractivity contribution in [2.24, 2.45) is 17.8 Å². The number of rotatable bonds is 8. The van der Waals surface area contributed by atoms with Crippen LogP contribution >= 0.6 is 0 Å². The van der Waals surface area contributed by atoms with Gasteiger partial charge in [0.25, 0.3) is 0 Å². The van der Waals surface area contributed by atoms with E-state index in [0.717, 1.165) is 0 Å². The van der Waals surface area contributed by atoms with Crippen molar-refractivity contribution in [2.45, 2.75) is 30.8 Å². The maximum absolute atomic E-state index is 10.6. The molecule has 0 aliphatic heterocycles. The first-order valence-corrected chi connectivity index (χ1v) is 8.05. The van der Waals surface area contributed by atoms with Gasteiger partial charge < -0.3 is 30.6 Å². The van der Waals surface area contributed by atoms with Crippen LogP contribution in [-0.2, 0) is 14.6 Å². The molecule has 0 amide bonds. The summed E-state index contributed by atoms with van der Waals surface area (Å²) in [5, 5.41) is 57.1. The Balaban J connectivity index is 2.84. The first kappa shape index (κ1) is 19.7. The minimum Gasteiger partial charge on any atom is -0.396 e. The first-order chi connectivity index (χ1) is 10.2. The number of aliphatic hydroxyl groups is 6. The number of hydrogen-bond donors (Lipinski definition) is 7. The van der Waals surface area contributed by atoms with E-state index in [2.05, 4.69) is 4.18 Å². The second kappa shape index (κ2) is 7.95. The largest absolute Gasteiger partial charge is 0.397 e. The molecule has 0 unspecified atom stereocenters. The fraction of sp³-hybridized carbons (Fsp3) is 1.00. The van der Waals surface area contributed by atoms with Crippen LogP contribution in [0.3, 0.4) is 0 Å². The second-order valence-corrected chi connectivity index (χ2v) is 6.43. The van der Waals surface area contributed by atoms with E-state index in [9.17, 15) is 34.0 Å². The molecule has 0 aromatic heterocycles. The van der Waals surface area contributed by atoms with Crippen molar-refractivity contribution in [1.29, 1.82) is 0 Å². The molecule has 0 spiro atoms. The Morgan fingerprint density at radius 3 is 1.73 bits per heavy atom. The second-order valence-electron chi connectivity index (χ2n) is 5.39. The summed E-state index contributed by atoms with van der Waals surface area (Å²) in [6, 6.07) is 0. The Hall–Kier alpha value is -0.370. The van der Waals surface area contributed by atoms with Gasteiger partial charge in [-0.25, -0.2) is 4.18 Å². The number of hydrogen-bond acceptors (Lipinski definition) is 9. The van der Waals surface area contributed by atoms with E-state index in [1.807, 2.05) is 0 Å². The van der Waals surface area contributed by atoms with Gasteiger partial charge in [-0.15, -0.1) is 0 Å².